The number of piperidine rings is 1. The summed E-state index contributed by atoms with van der Waals surface area (Å²) < 4.78 is 5.43. The van der Waals surface area contributed by atoms with Crippen LogP contribution in [0.5, 0.6) is 0 Å². The first-order valence-electron chi connectivity index (χ1n) is 5.31. The van der Waals surface area contributed by atoms with Gasteiger partial charge in [0, 0.05) is 19.2 Å². The van der Waals surface area contributed by atoms with Gasteiger partial charge in [-0.15, -0.1) is 0 Å². The average molecular weight is 187 g/mol. The lowest BCUT2D eigenvalue weighted by atomic mass is 10.0. The predicted molar refractivity (Wildman–Crippen MR) is 52.8 cm³/mol. The summed E-state index contributed by atoms with van der Waals surface area (Å²) in [4.78, 5) is 2.35. The fraction of sp³-hybridized carbons (Fsp3) is 1.00. The van der Waals surface area contributed by atoms with E-state index in [1.165, 1.54) is 19.3 Å². The molecule has 1 N–H and O–H groups in total. The zero-order valence-electron chi connectivity index (χ0n) is 8.54. The number of hydrogen-bond acceptors (Lipinski definition) is 3. The second kappa shape index (κ2) is 6.35. The molecule has 0 spiro atoms. The minimum Gasteiger partial charge on any atom is -0.395 e. The van der Waals surface area contributed by atoms with Crippen molar-refractivity contribution in [3.8, 4) is 0 Å². The lowest BCUT2D eigenvalue weighted by molar-refractivity contribution is 0.0370. The average Bonchev–Trinajstić information content (AvgIpc) is 2.17. The monoisotopic (exact) mass is 187 g/mol. The van der Waals surface area contributed by atoms with Crippen LogP contribution in [0.15, 0.2) is 0 Å². The third-order valence-corrected chi connectivity index (χ3v) is 2.65. The molecule has 0 bridgehead atoms. The first-order valence-corrected chi connectivity index (χ1v) is 5.31. The molecule has 1 aliphatic rings. The van der Waals surface area contributed by atoms with Gasteiger partial charge in [0.2, 0.25) is 0 Å². The van der Waals surface area contributed by atoms with Crippen molar-refractivity contribution in [3.63, 3.8) is 0 Å². The third kappa shape index (κ3) is 3.63. The third-order valence-electron chi connectivity index (χ3n) is 2.65. The summed E-state index contributed by atoms with van der Waals surface area (Å²) in [5.74, 6) is 0. The Labute approximate surface area is 80.7 Å². The highest BCUT2D eigenvalue weighted by Gasteiger charge is 2.21. The van der Waals surface area contributed by atoms with Crippen LogP contribution in [0.25, 0.3) is 0 Å². The van der Waals surface area contributed by atoms with Crippen molar-refractivity contribution in [1.82, 2.24) is 4.90 Å². The summed E-state index contributed by atoms with van der Waals surface area (Å²) in [5, 5.41) is 8.88. The molecule has 0 amide bonds. The van der Waals surface area contributed by atoms with E-state index in [4.69, 9.17) is 9.84 Å². The Morgan fingerprint density at radius 2 is 2.31 bits per heavy atom. The molecule has 0 aromatic heterocycles. The Hall–Kier alpha value is -0.120. The van der Waals surface area contributed by atoms with Gasteiger partial charge in [-0.2, -0.15) is 0 Å². The molecule has 1 heterocycles. The molecule has 0 unspecified atom stereocenters. The summed E-state index contributed by atoms with van der Waals surface area (Å²) in [6, 6.07) is 0.542. The molecule has 0 radical (unpaired) electrons. The summed E-state index contributed by atoms with van der Waals surface area (Å²) in [7, 11) is 0. The van der Waals surface area contributed by atoms with Gasteiger partial charge in [0.1, 0.15) is 0 Å². The van der Waals surface area contributed by atoms with Crippen molar-refractivity contribution in [2.24, 2.45) is 0 Å². The zero-order chi connectivity index (χ0) is 9.52. The second-order valence-corrected chi connectivity index (χ2v) is 3.57. The van der Waals surface area contributed by atoms with Crippen LogP contribution in [-0.4, -0.2) is 49.0 Å². The van der Waals surface area contributed by atoms with E-state index in [-0.39, 0.29) is 6.61 Å². The van der Waals surface area contributed by atoms with E-state index in [9.17, 15) is 0 Å². The number of β-amino-alcohol motifs (C(OH)–C–C–N with tert-alkyl or cyclic N) is 1. The summed E-state index contributed by atoms with van der Waals surface area (Å²) in [6.07, 6.45) is 3.79. The van der Waals surface area contributed by atoms with Crippen molar-refractivity contribution in [1.29, 1.82) is 0 Å². The molecule has 0 aromatic carbocycles. The summed E-state index contributed by atoms with van der Waals surface area (Å²) >= 11 is 0. The first-order chi connectivity index (χ1) is 6.38. The van der Waals surface area contributed by atoms with E-state index in [0.717, 1.165) is 26.3 Å². The molecular formula is C10H21NO2. The SMILES string of the molecule is CCOC[C@@H]1CCCCN1CCO. The molecule has 3 nitrogen and oxygen atoms in total. The van der Waals surface area contributed by atoms with Crippen molar-refractivity contribution < 1.29 is 9.84 Å². The van der Waals surface area contributed by atoms with Crippen molar-refractivity contribution in [2.75, 3.05) is 32.9 Å². The van der Waals surface area contributed by atoms with Crippen LogP contribution in [0, 0.1) is 0 Å². The topological polar surface area (TPSA) is 32.7 Å². The van der Waals surface area contributed by atoms with E-state index >= 15 is 0 Å². The van der Waals surface area contributed by atoms with E-state index in [1.807, 2.05) is 6.92 Å². The van der Waals surface area contributed by atoms with Crippen LogP contribution in [0.1, 0.15) is 26.2 Å². The normalized spacial score (nSPS) is 24.9. The van der Waals surface area contributed by atoms with Gasteiger partial charge < -0.3 is 9.84 Å². The molecule has 0 aromatic rings. The molecule has 0 saturated carbocycles. The maximum atomic E-state index is 8.88. The van der Waals surface area contributed by atoms with Crippen LogP contribution >= 0.6 is 0 Å². The largest absolute Gasteiger partial charge is 0.395 e. The molecule has 78 valence electrons. The molecule has 0 aliphatic carbocycles. The van der Waals surface area contributed by atoms with Crippen LogP contribution in [0.3, 0.4) is 0 Å². The number of nitrogens with zero attached hydrogens (tertiary/aromatic N) is 1. The molecule has 1 atom stereocenters. The first kappa shape index (κ1) is 11.0. The van der Waals surface area contributed by atoms with Crippen LogP contribution in [0.4, 0.5) is 0 Å². The van der Waals surface area contributed by atoms with Gasteiger partial charge in [-0.25, -0.2) is 0 Å². The van der Waals surface area contributed by atoms with Crippen LogP contribution in [-0.2, 0) is 4.74 Å². The number of hydrogen-bond donors (Lipinski definition) is 1. The van der Waals surface area contributed by atoms with E-state index in [1.54, 1.807) is 0 Å². The van der Waals surface area contributed by atoms with Crippen molar-refractivity contribution >= 4 is 0 Å². The Kier molecular flexibility index (Phi) is 5.35. The molecule has 1 saturated heterocycles. The highest BCUT2D eigenvalue weighted by atomic mass is 16.5. The molecule has 1 rings (SSSR count). The van der Waals surface area contributed by atoms with Crippen molar-refractivity contribution in [2.45, 2.75) is 32.2 Å². The van der Waals surface area contributed by atoms with Gasteiger partial charge in [0.05, 0.1) is 13.2 Å². The lowest BCUT2D eigenvalue weighted by Crippen LogP contribution is -2.43. The second-order valence-electron chi connectivity index (χ2n) is 3.57. The number of rotatable bonds is 5. The number of aliphatic hydroxyl groups is 1. The maximum absolute atomic E-state index is 8.88. The molecule has 1 fully saturated rings. The van der Waals surface area contributed by atoms with Gasteiger partial charge in [0.15, 0.2) is 0 Å². The smallest absolute Gasteiger partial charge is 0.0621 e. The highest BCUT2D eigenvalue weighted by molar-refractivity contribution is 4.76. The fourth-order valence-corrected chi connectivity index (χ4v) is 1.93. The lowest BCUT2D eigenvalue weighted by Gasteiger charge is -2.34. The number of ether oxygens (including phenoxy) is 1. The van der Waals surface area contributed by atoms with E-state index in [0.29, 0.717) is 6.04 Å². The minimum atomic E-state index is 0.266. The zero-order valence-corrected chi connectivity index (χ0v) is 8.54. The minimum absolute atomic E-state index is 0.266. The predicted octanol–water partition coefficient (Wildman–Crippen LogP) is 0.870. The van der Waals surface area contributed by atoms with Gasteiger partial charge in [-0.1, -0.05) is 6.42 Å². The number of aliphatic hydroxyl groups excluding tert-OH is 1. The maximum Gasteiger partial charge on any atom is 0.0621 e. The Morgan fingerprint density at radius 3 is 3.00 bits per heavy atom. The van der Waals surface area contributed by atoms with Crippen LogP contribution in [0.2, 0.25) is 0 Å². The number of likely N-dealkylation sites (tertiary alicyclic amines) is 1. The van der Waals surface area contributed by atoms with Crippen LogP contribution < -0.4 is 0 Å². The fourth-order valence-electron chi connectivity index (χ4n) is 1.93. The van der Waals surface area contributed by atoms with Crippen molar-refractivity contribution in [3.05, 3.63) is 0 Å². The van der Waals surface area contributed by atoms with Gasteiger partial charge in [-0.3, -0.25) is 4.90 Å². The summed E-state index contributed by atoms with van der Waals surface area (Å²) in [5.41, 5.74) is 0. The standard InChI is InChI=1S/C10H21NO2/c1-2-13-9-10-5-3-4-6-11(10)7-8-12/h10,12H,2-9H2,1H3/t10-/m0/s1. The van der Waals surface area contributed by atoms with Gasteiger partial charge in [0.25, 0.3) is 0 Å². The Morgan fingerprint density at radius 1 is 1.46 bits per heavy atom. The van der Waals surface area contributed by atoms with Gasteiger partial charge >= 0.3 is 0 Å². The summed E-state index contributed by atoms with van der Waals surface area (Å²) in [6.45, 7) is 5.85. The molecule has 1 aliphatic heterocycles. The molecular weight excluding hydrogens is 166 g/mol. The quantitative estimate of drug-likeness (QED) is 0.693. The Bertz CT molecular complexity index is 128. The molecule has 3 heteroatoms. The van der Waals surface area contributed by atoms with E-state index < -0.39 is 0 Å². The Balaban J connectivity index is 2.28. The van der Waals surface area contributed by atoms with Gasteiger partial charge in [-0.05, 0) is 26.3 Å². The molecule has 13 heavy (non-hydrogen) atoms. The van der Waals surface area contributed by atoms with E-state index in [2.05, 4.69) is 4.90 Å². The highest BCUT2D eigenvalue weighted by Crippen LogP contribution is 2.16.